The Labute approximate surface area is 153 Å². The van der Waals surface area contributed by atoms with Crippen molar-refractivity contribution in [1.82, 2.24) is 15.6 Å². The maximum atomic E-state index is 12.7. The molecule has 0 bridgehead atoms. The summed E-state index contributed by atoms with van der Waals surface area (Å²) in [6, 6.07) is 0. The number of ether oxygens (including phenoxy) is 1. The Balaban J connectivity index is 1.66. The number of amides is 2. The molecule has 0 aromatic carbocycles. The van der Waals surface area contributed by atoms with Crippen LogP contribution in [0.15, 0.2) is 23.3 Å². The van der Waals surface area contributed by atoms with E-state index in [9.17, 15) is 9.59 Å². The quantitative estimate of drug-likeness (QED) is 0.759. The van der Waals surface area contributed by atoms with E-state index in [1.807, 2.05) is 0 Å². The van der Waals surface area contributed by atoms with E-state index in [4.69, 9.17) is 9.15 Å². The minimum Gasteiger partial charge on any atom is -0.448 e. The van der Waals surface area contributed by atoms with Crippen molar-refractivity contribution in [3.8, 4) is 0 Å². The lowest BCUT2D eigenvalue weighted by Crippen LogP contribution is -2.58. The largest absolute Gasteiger partial charge is 0.448 e. The Morgan fingerprint density at radius 1 is 1.27 bits per heavy atom. The second-order valence-electron chi connectivity index (χ2n) is 7.17. The van der Waals surface area contributed by atoms with Crippen molar-refractivity contribution >= 4 is 11.8 Å². The Hall–Kier alpha value is -2.15. The molecule has 2 heterocycles. The fourth-order valence-corrected chi connectivity index (χ4v) is 3.67. The highest BCUT2D eigenvalue weighted by molar-refractivity contribution is 5.92. The number of nitrogens with one attached hydrogen (secondary N) is 2. The SMILES string of the molecule is C=CC(=O)NCC1(NC(=O)c2coc(C3CCCCC3)n2)CCOCC1. The highest BCUT2D eigenvalue weighted by Gasteiger charge is 2.35. The van der Waals surface area contributed by atoms with Gasteiger partial charge in [0.1, 0.15) is 6.26 Å². The zero-order valence-corrected chi connectivity index (χ0v) is 15.1. The molecule has 142 valence electrons. The highest BCUT2D eigenvalue weighted by Crippen LogP contribution is 2.32. The first-order valence-corrected chi connectivity index (χ1v) is 9.38. The molecule has 0 unspecified atom stereocenters. The van der Waals surface area contributed by atoms with Gasteiger partial charge in [0.15, 0.2) is 11.6 Å². The Kier molecular flexibility index (Phi) is 6.08. The van der Waals surface area contributed by atoms with Gasteiger partial charge in [-0.3, -0.25) is 9.59 Å². The molecule has 1 aliphatic heterocycles. The third-order valence-corrected chi connectivity index (χ3v) is 5.32. The van der Waals surface area contributed by atoms with Gasteiger partial charge in [0, 0.05) is 25.7 Å². The van der Waals surface area contributed by atoms with Gasteiger partial charge < -0.3 is 19.8 Å². The van der Waals surface area contributed by atoms with Crippen LogP contribution >= 0.6 is 0 Å². The summed E-state index contributed by atoms with van der Waals surface area (Å²) in [6.45, 7) is 4.87. The van der Waals surface area contributed by atoms with Crippen LogP contribution in [0.25, 0.3) is 0 Å². The average Bonchev–Trinajstić information content (AvgIpc) is 3.18. The summed E-state index contributed by atoms with van der Waals surface area (Å²) in [5.74, 6) is 0.446. The van der Waals surface area contributed by atoms with E-state index in [2.05, 4.69) is 22.2 Å². The van der Waals surface area contributed by atoms with E-state index in [0.29, 0.717) is 50.1 Å². The van der Waals surface area contributed by atoms with Gasteiger partial charge in [0.05, 0.1) is 5.54 Å². The summed E-state index contributed by atoms with van der Waals surface area (Å²) in [5.41, 5.74) is -0.246. The molecular weight excluding hydrogens is 334 g/mol. The fourth-order valence-electron chi connectivity index (χ4n) is 3.67. The van der Waals surface area contributed by atoms with Gasteiger partial charge in [0.25, 0.3) is 5.91 Å². The fraction of sp³-hybridized carbons (Fsp3) is 0.632. The van der Waals surface area contributed by atoms with E-state index >= 15 is 0 Å². The van der Waals surface area contributed by atoms with Crippen molar-refractivity contribution in [1.29, 1.82) is 0 Å². The minimum absolute atomic E-state index is 0.258. The Bertz CT molecular complexity index is 643. The highest BCUT2D eigenvalue weighted by atomic mass is 16.5. The number of hydrogen-bond acceptors (Lipinski definition) is 5. The van der Waals surface area contributed by atoms with Gasteiger partial charge >= 0.3 is 0 Å². The Morgan fingerprint density at radius 3 is 2.69 bits per heavy atom. The molecule has 2 fully saturated rings. The molecule has 7 nitrogen and oxygen atoms in total. The van der Waals surface area contributed by atoms with Crippen molar-refractivity contribution in [2.75, 3.05) is 19.8 Å². The number of nitrogens with zero attached hydrogens (tertiary/aromatic N) is 1. The van der Waals surface area contributed by atoms with Gasteiger partial charge in [-0.1, -0.05) is 25.8 Å². The first-order valence-electron chi connectivity index (χ1n) is 9.38. The number of hydrogen-bond donors (Lipinski definition) is 2. The average molecular weight is 361 g/mol. The van der Waals surface area contributed by atoms with Crippen LogP contribution in [-0.4, -0.2) is 42.1 Å². The van der Waals surface area contributed by atoms with Gasteiger partial charge in [-0.05, 0) is 31.8 Å². The summed E-state index contributed by atoms with van der Waals surface area (Å²) in [4.78, 5) is 28.7. The van der Waals surface area contributed by atoms with Gasteiger partial charge in [-0.2, -0.15) is 0 Å². The lowest BCUT2D eigenvalue weighted by Gasteiger charge is -2.37. The van der Waals surface area contributed by atoms with Crippen LogP contribution in [0.2, 0.25) is 0 Å². The van der Waals surface area contributed by atoms with E-state index in [0.717, 1.165) is 12.8 Å². The van der Waals surface area contributed by atoms with Crippen molar-refractivity contribution in [2.45, 2.75) is 56.4 Å². The molecule has 1 aromatic heterocycles. The van der Waals surface area contributed by atoms with E-state index in [-0.39, 0.29) is 11.8 Å². The predicted molar refractivity (Wildman–Crippen MR) is 95.8 cm³/mol. The molecule has 3 rings (SSSR count). The zero-order chi connectivity index (χ0) is 18.4. The molecule has 0 atom stereocenters. The Morgan fingerprint density at radius 2 is 2.00 bits per heavy atom. The second kappa shape index (κ2) is 8.49. The number of rotatable bonds is 6. The molecule has 0 spiro atoms. The summed E-state index contributed by atoms with van der Waals surface area (Å²) < 4.78 is 11.0. The molecule has 26 heavy (non-hydrogen) atoms. The standard InChI is InChI=1S/C19H27N3O4/c1-2-16(23)20-13-19(8-10-25-11-9-19)22-17(24)15-12-26-18(21-15)14-6-4-3-5-7-14/h2,12,14H,1,3-11,13H2,(H,20,23)(H,22,24). The van der Waals surface area contributed by atoms with Crippen LogP contribution < -0.4 is 10.6 Å². The molecular formula is C19H27N3O4. The van der Waals surface area contributed by atoms with Crippen molar-refractivity contribution in [3.63, 3.8) is 0 Å². The van der Waals surface area contributed by atoms with Crippen molar-refractivity contribution < 1.29 is 18.7 Å². The minimum atomic E-state index is -0.544. The number of carbonyl (C=O) groups excluding carboxylic acids is 2. The molecule has 2 amide bonds. The second-order valence-corrected chi connectivity index (χ2v) is 7.17. The molecule has 2 N–H and O–H groups in total. The zero-order valence-electron chi connectivity index (χ0n) is 15.1. The summed E-state index contributed by atoms with van der Waals surface area (Å²) in [6.07, 6.45) is 9.67. The number of oxazole rings is 1. The third kappa shape index (κ3) is 4.52. The van der Waals surface area contributed by atoms with E-state index in [1.165, 1.54) is 31.6 Å². The molecule has 0 radical (unpaired) electrons. The first kappa shape index (κ1) is 18.6. The lowest BCUT2D eigenvalue weighted by molar-refractivity contribution is -0.117. The van der Waals surface area contributed by atoms with Crippen LogP contribution in [0.1, 0.15) is 67.2 Å². The third-order valence-electron chi connectivity index (χ3n) is 5.32. The predicted octanol–water partition coefficient (Wildman–Crippen LogP) is 2.30. The molecule has 1 saturated heterocycles. The van der Waals surface area contributed by atoms with Crippen LogP contribution in [0.4, 0.5) is 0 Å². The number of aromatic nitrogens is 1. The normalized spacial score (nSPS) is 20.3. The van der Waals surface area contributed by atoms with Crippen molar-refractivity contribution in [2.24, 2.45) is 0 Å². The maximum absolute atomic E-state index is 12.7. The van der Waals surface area contributed by atoms with Crippen LogP contribution in [-0.2, 0) is 9.53 Å². The molecule has 1 aliphatic carbocycles. The summed E-state index contributed by atoms with van der Waals surface area (Å²) in [7, 11) is 0. The van der Waals surface area contributed by atoms with Gasteiger partial charge in [-0.25, -0.2) is 4.98 Å². The smallest absolute Gasteiger partial charge is 0.273 e. The molecule has 1 aromatic rings. The van der Waals surface area contributed by atoms with Crippen LogP contribution in [0.5, 0.6) is 0 Å². The number of carbonyl (C=O) groups is 2. The van der Waals surface area contributed by atoms with Crippen molar-refractivity contribution in [3.05, 3.63) is 30.5 Å². The van der Waals surface area contributed by atoms with Gasteiger partial charge in [0.2, 0.25) is 5.91 Å². The van der Waals surface area contributed by atoms with Gasteiger partial charge in [-0.15, -0.1) is 0 Å². The summed E-state index contributed by atoms with van der Waals surface area (Å²) >= 11 is 0. The topological polar surface area (TPSA) is 93.5 Å². The monoisotopic (exact) mass is 361 g/mol. The van der Waals surface area contributed by atoms with E-state index in [1.54, 1.807) is 0 Å². The summed E-state index contributed by atoms with van der Waals surface area (Å²) in [5, 5.41) is 5.84. The van der Waals surface area contributed by atoms with E-state index < -0.39 is 5.54 Å². The van der Waals surface area contributed by atoms with Crippen LogP contribution in [0, 0.1) is 0 Å². The molecule has 7 heteroatoms. The first-order chi connectivity index (χ1) is 12.6. The lowest BCUT2D eigenvalue weighted by atomic mass is 9.89. The maximum Gasteiger partial charge on any atom is 0.273 e. The van der Waals surface area contributed by atoms with Crippen LogP contribution in [0.3, 0.4) is 0 Å². The molecule has 1 saturated carbocycles. The molecule has 2 aliphatic rings.